The highest BCUT2D eigenvalue weighted by molar-refractivity contribution is 4.68. The normalized spacial score (nSPS) is 16.7. The summed E-state index contributed by atoms with van der Waals surface area (Å²) in [5.74, 6) is 0.495. The molecule has 0 aliphatic carbocycles. The molecule has 0 rings (SSSR count). The molecule has 0 saturated carbocycles. The fourth-order valence-corrected chi connectivity index (χ4v) is 2.08. The molecule has 3 unspecified atom stereocenters. The molecule has 0 saturated heterocycles. The summed E-state index contributed by atoms with van der Waals surface area (Å²) < 4.78 is 41.9. The van der Waals surface area contributed by atoms with Crippen LogP contribution in [0, 0.1) is 5.92 Å². The smallest absolute Gasteiger partial charge is 0.389 e. The molecule has 6 heteroatoms. The number of ether oxygens (including phenoxy) is 1. The number of unbranched alkanes of at least 4 members (excludes halogenated alkanes) is 1. The second kappa shape index (κ2) is 11.3. The Morgan fingerprint density at radius 1 is 1.19 bits per heavy atom. The predicted octanol–water partition coefficient (Wildman–Crippen LogP) is 3.51. The van der Waals surface area contributed by atoms with E-state index in [2.05, 4.69) is 19.2 Å². The van der Waals surface area contributed by atoms with Gasteiger partial charge in [-0.2, -0.15) is 13.2 Å². The Balaban J connectivity index is 3.72. The van der Waals surface area contributed by atoms with E-state index < -0.39 is 24.7 Å². The first kappa shape index (κ1) is 20.7. The van der Waals surface area contributed by atoms with Crippen LogP contribution in [-0.4, -0.2) is 43.2 Å². The van der Waals surface area contributed by atoms with Gasteiger partial charge in [-0.1, -0.05) is 33.1 Å². The van der Waals surface area contributed by atoms with E-state index in [-0.39, 0.29) is 13.2 Å². The zero-order valence-electron chi connectivity index (χ0n) is 13.4. The first-order valence-electron chi connectivity index (χ1n) is 7.84. The summed E-state index contributed by atoms with van der Waals surface area (Å²) >= 11 is 0. The molecule has 0 radical (unpaired) electrons. The average Bonchev–Trinajstić information content (AvgIpc) is 2.38. The van der Waals surface area contributed by atoms with Crippen molar-refractivity contribution in [3.05, 3.63) is 0 Å². The molecule has 0 spiro atoms. The molecule has 0 aromatic heterocycles. The van der Waals surface area contributed by atoms with Crippen molar-refractivity contribution in [3.63, 3.8) is 0 Å². The van der Waals surface area contributed by atoms with Crippen molar-refractivity contribution >= 4 is 0 Å². The molecular weight excluding hydrogens is 283 g/mol. The number of hydrogen-bond donors (Lipinski definition) is 2. The van der Waals surface area contributed by atoms with Crippen molar-refractivity contribution in [3.8, 4) is 0 Å². The first-order valence-corrected chi connectivity index (χ1v) is 7.84. The molecule has 2 N–H and O–H groups in total. The van der Waals surface area contributed by atoms with Gasteiger partial charge in [0.2, 0.25) is 0 Å². The van der Waals surface area contributed by atoms with Crippen molar-refractivity contribution in [2.45, 2.75) is 71.2 Å². The zero-order chi connectivity index (χ0) is 16.3. The Morgan fingerprint density at radius 2 is 1.86 bits per heavy atom. The number of aliphatic hydroxyl groups excluding tert-OH is 1. The van der Waals surface area contributed by atoms with Crippen molar-refractivity contribution in [2.24, 2.45) is 5.92 Å². The Labute approximate surface area is 126 Å². The molecule has 0 aromatic rings. The lowest BCUT2D eigenvalue weighted by atomic mass is 10.0. The van der Waals surface area contributed by atoms with E-state index >= 15 is 0 Å². The molecule has 0 amide bonds. The van der Waals surface area contributed by atoms with Crippen molar-refractivity contribution in [2.75, 3.05) is 19.8 Å². The largest absolute Gasteiger partial charge is 0.390 e. The minimum atomic E-state index is -4.18. The molecule has 21 heavy (non-hydrogen) atoms. The summed E-state index contributed by atoms with van der Waals surface area (Å²) in [7, 11) is 0. The molecule has 0 heterocycles. The number of rotatable bonds is 12. The van der Waals surface area contributed by atoms with Gasteiger partial charge >= 0.3 is 6.18 Å². The average molecular weight is 313 g/mol. The Morgan fingerprint density at radius 3 is 2.38 bits per heavy atom. The van der Waals surface area contributed by atoms with Crippen LogP contribution >= 0.6 is 0 Å². The van der Waals surface area contributed by atoms with Gasteiger partial charge in [0.25, 0.3) is 0 Å². The third-order valence-corrected chi connectivity index (χ3v) is 3.45. The van der Waals surface area contributed by atoms with Crippen LogP contribution in [0.5, 0.6) is 0 Å². The maximum Gasteiger partial charge on any atom is 0.390 e. The van der Waals surface area contributed by atoms with Crippen LogP contribution in [0.3, 0.4) is 0 Å². The standard InChI is InChI=1S/C15H30F3NO2/c1-4-6-7-13(5-2)10-21-11-14(20)9-19-12(3)8-15(16,17)18/h12-14,19-20H,4-11H2,1-3H3. The minimum absolute atomic E-state index is 0.114. The molecule has 0 aromatic carbocycles. The van der Waals surface area contributed by atoms with E-state index in [1.54, 1.807) is 0 Å². The van der Waals surface area contributed by atoms with E-state index in [0.717, 1.165) is 19.3 Å². The topological polar surface area (TPSA) is 41.5 Å². The van der Waals surface area contributed by atoms with Gasteiger partial charge in [0.15, 0.2) is 0 Å². The maximum atomic E-state index is 12.1. The SMILES string of the molecule is CCCCC(CC)COCC(O)CNC(C)CC(F)(F)F. The highest BCUT2D eigenvalue weighted by Crippen LogP contribution is 2.21. The van der Waals surface area contributed by atoms with Crippen molar-refractivity contribution in [1.82, 2.24) is 5.32 Å². The maximum absolute atomic E-state index is 12.1. The number of hydrogen-bond acceptors (Lipinski definition) is 3. The summed E-state index contributed by atoms with van der Waals surface area (Å²) in [6, 6.07) is -0.701. The van der Waals surface area contributed by atoms with Gasteiger partial charge in [-0.05, 0) is 19.3 Å². The van der Waals surface area contributed by atoms with Crippen LogP contribution in [0.15, 0.2) is 0 Å². The second-order valence-electron chi connectivity index (χ2n) is 5.74. The van der Waals surface area contributed by atoms with Gasteiger partial charge in [-0.3, -0.25) is 0 Å². The molecule has 0 aliphatic heterocycles. The molecule has 3 nitrogen and oxygen atoms in total. The predicted molar refractivity (Wildman–Crippen MR) is 78.3 cm³/mol. The Kier molecular flexibility index (Phi) is 11.1. The van der Waals surface area contributed by atoms with E-state index in [4.69, 9.17) is 4.74 Å². The van der Waals surface area contributed by atoms with Crippen LogP contribution in [0.2, 0.25) is 0 Å². The first-order chi connectivity index (χ1) is 9.78. The fraction of sp³-hybridized carbons (Fsp3) is 1.00. The van der Waals surface area contributed by atoms with Crippen LogP contribution in [-0.2, 0) is 4.74 Å². The van der Waals surface area contributed by atoms with Crippen LogP contribution in [0.25, 0.3) is 0 Å². The number of nitrogens with one attached hydrogen (secondary N) is 1. The lowest BCUT2D eigenvalue weighted by Crippen LogP contribution is -2.38. The third kappa shape index (κ3) is 13.1. The fourth-order valence-electron chi connectivity index (χ4n) is 2.08. The van der Waals surface area contributed by atoms with Crippen molar-refractivity contribution in [1.29, 1.82) is 0 Å². The van der Waals surface area contributed by atoms with Gasteiger partial charge < -0.3 is 15.2 Å². The third-order valence-electron chi connectivity index (χ3n) is 3.45. The highest BCUT2D eigenvalue weighted by Gasteiger charge is 2.29. The summed E-state index contributed by atoms with van der Waals surface area (Å²) in [5, 5.41) is 12.4. The summed E-state index contributed by atoms with van der Waals surface area (Å²) in [5.41, 5.74) is 0. The molecule has 128 valence electrons. The summed E-state index contributed by atoms with van der Waals surface area (Å²) in [6.07, 6.45) is -1.37. The van der Waals surface area contributed by atoms with Gasteiger partial charge in [0.05, 0.1) is 19.1 Å². The molecule has 0 aliphatic rings. The number of aliphatic hydroxyl groups is 1. The van der Waals surface area contributed by atoms with Gasteiger partial charge in [-0.15, -0.1) is 0 Å². The molecule has 0 bridgehead atoms. The monoisotopic (exact) mass is 313 g/mol. The zero-order valence-corrected chi connectivity index (χ0v) is 13.4. The van der Waals surface area contributed by atoms with Crippen LogP contribution in [0.1, 0.15) is 52.9 Å². The van der Waals surface area contributed by atoms with Crippen LogP contribution in [0.4, 0.5) is 13.2 Å². The quantitative estimate of drug-likeness (QED) is 0.579. The summed E-state index contributed by atoms with van der Waals surface area (Å²) in [4.78, 5) is 0. The number of halogens is 3. The lowest BCUT2D eigenvalue weighted by molar-refractivity contribution is -0.139. The minimum Gasteiger partial charge on any atom is -0.389 e. The van der Waals surface area contributed by atoms with Crippen LogP contribution < -0.4 is 5.32 Å². The van der Waals surface area contributed by atoms with E-state index in [9.17, 15) is 18.3 Å². The molecule has 3 atom stereocenters. The van der Waals surface area contributed by atoms with E-state index in [1.165, 1.54) is 13.3 Å². The number of alkyl halides is 3. The van der Waals surface area contributed by atoms with Gasteiger partial charge in [-0.25, -0.2) is 0 Å². The second-order valence-corrected chi connectivity index (χ2v) is 5.74. The highest BCUT2D eigenvalue weighted by atomic mass is 19.4. The van der Waals surface area contributed by atoms with E-state index in [0.29, 0.717) is 12.5 Å². The van der Waals surface area contributed by atoms with Gasteiger partial charge in [0, 0.05) is 19.2 Å². The lowest BCUT2D eigenvalue weighted by Gasteiger charge is -2.20. The van der Waals surface area contributed by atoms with Crippen molar-refractivity contribution < 1.29 is 23.0 Å². The molecular formula is C15H30F3NO2. The Hall–Kier alpha value is -0.330. The summed E-state index contributed by atoms with van der Waals surface area (Å²) in [6.45, 7) is 6.59. The van der Waals surface area contributed by atoms with Gasteiger partial charge in [0.1, 0.15) is 0 Å². The van der Waals surface area contributed by atoms with E-state index in [1.807, 2.05) is 0 Å². The Bertz CT molecular complexity index is 250. The molecule has 0 fully saturated rings.